The molecule has 0 spiro atoms. The van der Waals surface area contributed by atoms with Gasteiger partial charge in [-0.15, -0.1) is 0 Å². The highest BCUT2D eigenvalue weighted by Gasteiger charge is 2.13. The summed E-state index contributed by atoms with van der Waals surface area (Å²) in [5.74, 6) is 0.594. The van der Waals surface area contributed by atoms with Crippen molar-refractivity contribution in [2.24, 2.45) is 7.05 Å². The van der Waals surface area contributed by atoms with Crippen molar-refractivity contribution in [2.45, 2.75) is 0 Å². The van der Waals surface area contributed by atoms with E-state index in [1.54, 1.807) is 61.3 Å². The van der Waals surface area contributed by atoms with Crippen molar-refractivity contribution in [1.82, 2.24) is 9.78 Å². The average molecular weight is 402 g/mol. The van der Waals surface area contributed by atoms with Gasteiger partial charge in [-0.1, -0.05) is 37.4 Å². The van der Waals surface area contributed by atoms with Crippen molar-refractivity contribution in [2.75, 3.05) is 17.7 Å². The molecule has 2 amide bonds. The number of rotatable bonds is 7. The second-order valence-electron chi connectivity index (χ2n) is 6.49. The first-order chi connectivity index (χ1) is 14.4. The minimum atomic E-state index is -0.307. The summed E-state index contributed by atoms with van der Waals surface area (Å²) in [6.07, 6.45) is 1.40. The number of anilines is 2. The Kier molecular flexibility index (Phi) is 6.12. The van der Waals surface area contributed by atoms with Crippen LogP contribution in [0.25, 0.3) is 11.3 Å². The maximum atomic E-state index is 12.5. The Morgan fingerprint density at radius 3 is 2.50 bits per heavy atom. The summed E-state index contributed by atoms with van der Waals surface area (Å²) in [6.45, 7) is 7.15. The molecule has 152 valence electrons. The summed E-state index contributed by atoms with van der Waals surface area (Å²) >= 11 is 0. The Morgan fingerprint density at radius 2 is 1.83 bits per heavy atom. The lowest BCUT2D eigenvalue weighted by molar-refractivity contribution is -0.112. The number of carbonyl (C=O) groups excluding carboxylic acids is 2. The fraction of sp³-hybridized carbons (Fsp3) is 0.0870. The first-order valence-electron chi connectivity index (χ1n) is 9.14. The zero-order valence-electron chi connectivity index (χ0n) is 16.8. The van der Waals surface area contributed by atoms with Gasteiger partial charge >= 0.3 is 0 Å². The van der Waals surface area contributed by atoms with Gasteiger partial charge in [0.05, 0.1) is 12.8 Å². The highest BCUT2D eigenvalue weighted by Crippen LogP contribution is 2.24. The number of aryl methyl sites for hydroxylation is 1. The van der Waals surface area contributed by atoms with Gasteiger partial charge in [0, 0.05) is 35.5 Å². The van der Waals surface area contributed by atoms with E-state index in [1.165, 1.54) is 6.08 Å². The molecule has 2 aromatic carbocycles. The van der Waals surface area contributed by atoms with E-state index in [0.29, 0.717) is 34.1 Å². The molecule has 7 heteroatoms. The van der Waals surface area contributed by atoms with E-state index in [9.17, 15) is 9.59 Å². The molecule has 0 saturated heterocycles. The van der Waals surface area contributed by atoms with Crippen molar-refractivity contribution < 1.29 is 14.3 Å². The monoisotopic (exact) mass is 402 g/mol. The number of nitrogens with one attached hydrogen (secondary N) is 2. The van der Waals surface area contributed by atoms with Gasteiger partial charge in [-0.3, -0.25) is 14.3 Å². The van der Waals surface area contributed by atoms with Crippen LogP contribution < -0.4 is 15.4 Å². The molecule has 3 rings (SSSR count). The molecule has 0 aliphatic heterocycles. The molecule has 0 atom stereocenters. The van der Waals surface area contributed by atoms with Crippen LogP contribution in [0.2, 0.25) is 0 Å². The fourth-order valence-corrected chi connectivity index (χ4v) is 2.71. The van der Waals surface area contributed by atoms with Crippen LogP contribution in [0.1, 0.15) is 10.4 Å². The Morgan fingerprint density at radius 1 is 1.10 bits per heavy atom. The molecule has 0 radical (unpaired) electrons. The zero-order valence-corrected chi connectivity index (χ0v) is 16.8. The lowest BCUT2D eigenvalue weighted by Gasteiger charge is -2.06. The molecule has 0 unspecified atom stereocenters. The molecule has 0 aliphatic carbocycles. The predicted molar refractivity (Wildman–Crippen MR) is 118 cm³/mol. The largest absolute Gasteiger partial charge is 0.497 e. The van der Waals surface area contributed by atoms with Crippen molar-refractivity contribution in [3.63, 3.8) is 0 Å². The number of hydrogen-bond donors (Lipinski definition) is 2. The van der Waals surface area contributed by atoms with Crippen LogP contribution in [0.4, 0.5) is 11.5 Å². The first kappa shape index (κ1) is 20.6. The maximum Gasteiger partial charge on any atom is 0.256 e. The Labute approximate surface area is 174 Å². The van der Waals surface area contributed by atoms with Gasteiger partial charge in [0.15, 0.2) is 0 Å². The number of methoxy groups -OCH3 is 1. The number of nitrogens with zero attached hydrogens (tertiary/aromatic N) is 2. The Bertz CT molecular complexity index is 1110. The van der Waals surface area contributed by atoms with Crippen LogP contribution in [0.3, 0.4) is 0 Å². The standard InChI is InChI=1S/C23H22N4O3/c1-5-15(2)22(28)24-18-11-9-16(10-12-18)20-14-21(27(3)26-20)25-23(29)17-7-6-8-19(13-17)30-4/h5-14H,1-2H2,3-4H3,(H,24,28)(H,25,29). The third kappa shape index (κ3) is 4.64. The van der Waals surface area contributed by atoms with Gasteiger partial charge in [-0.05, 0) is 30.3 Å². The van der Waals surface area contributed by atoms with Gasteiger partial charge < -0.3 is 15.4 Å². The van der Waals surface area contributed by atoms with E-state index in [1.807, 2.05) is 12.1 Å². The third-order valence-electron chi connectivity index (χ3n) is 4.43. The minimum Gasteiger partial charge on any atom is -0.497 e. The summed E-state index contributed by atoms with van der Waals surface area (Å²) in [5, 5.41) is 10.0. The van der Waals surface area contributed by atoms with Crippen molar-refractivity contribution in [3.8, 4) is 17.0 Å². The number of ether oxygens (including phenoxy) is 1. The van der Waals surface area contributed by atoms with E-state index < -0.39 is 0 Å². The molecule has 0 aliphatic rings. The van der Waals surface area contributed by atoms with Crippen LogP contribution in [0, 0.1) is 0 Å². The van der Waals surface area contributed by atoms with E-state index in [4.69, 9.17) is 4.74 Å². The summed E-state index contributed by atoms with van der Waals surface area (Å²) in [6, 6.07) is 15.9. The zero-order chi connectivity index (χ0) is 21.7. The molecule has 2 N–H and O–H groups in total. The highest BCUT2D eigenvalue weighted by atomic mass is 16.5. The van der Waals surface area contributed by atoms with Gasteiger partial charge in [0.25, 0.3) is 11.8 Å². The fourth-order valence-electron chi connectivity index (χ4n) is 2.71. The van der Waals surface area contributed by atoms with Crippen LogP contribution in [0.15, 0.2) is 79.4 Å². The summed E-state index contributed by atoms with van der Waals surface area (Å²) in [5.41, 5.74) is 2.94. The van der Waals surface area contributed by atoms with Crippen LogP contribution in [-0.4, -0.2) is 28.7 Å². The quantitative estimate of drug-likeness (QED) is 0.462. The molecular weight excluding hydrogens is 380 g/mol. The number of aromatic nitrogens is 2. The van der Waals surface area contributed by atoms with Crippen molar-refractivity contribution >= 4 is 23.3 Å². The smallest absolute Gasteiger partial charge is 0.256 e. The lowest BCUT2D eigenvalue weighted by atomic mass is 10.1. The second kappa shape index (κ2) is 8.91. The normalized spacial score (nSPS) is 10.2. The molecule has 0 bridgehead atoms. The van der Waals surface area contributed by atoms with Gasteiger partial charge in [-0.2, -0.15) is 5.10 Å². The maximum absolute atomic E-state index is 12.5. The number of benzene rings is 2. The molecular formula is C23H22N4O3. The highest BCUT2D eigenvalue weighted by molar-refractivity contribution is 6.05. The Hall–Kier alpha value is -4.13. The van der Waals surface area contributed by atoms with Crippen LogP contribution in [0.5, 0.6) is 5.75 Å². The second-order valence-corrected chi connectivity index (χ2v) is 6.49. The number of carbonyl (C=O) groups is 2. The molecule has 30 heavy (non-hydrogen) atoms. The van der Waals surface area contributed by atoms with Crippen LogP contribution in [-0.2, 0) is 11.8 Å². The van der Waals surface area contributed by atoms with Crippen molar-refractivity contribution in [3.05, 3.63) is 85.0 Å². The molecule has 3 aromatic rings. The number of hydrogen-bond acceptors (Lipinski definition) is 4. The average Bonchev–Trinajstić information content (AvgIpc) is 3.13. The van der Waals surface area contributed by atoms with E-state index in [0.717, 1.165) is 5.56 Å². The topological polar surface area (TPSA) is 85.3 Å². The number of amides is 2. The molecule has 0 fully saturated rings. The first-order valence-corrected chi connectivity index (χ1v) is 9.14. The summed E-state index contributed by atoms with van der Waals surface area (Å²) in [7, 11) is 3.30. The van der Waals surface area contributed by atoms with Gasteiger partial charge in [0.2, 0.25) is 0 Å². The summed E-state index contributed by atoms with van der Waals surface area (Å²) in [4.78, 5) is 24.4. The SMILES string of the molecule is C=CC(=C)C(=O)Nc1ccc(-c2cc(NC(=O)c3cccc(OC)c3)n(C)n2)cc1. The third-order valence-corrected chi connectivity index (χ3v) is 4.43. The molecule has 1 heterocycles. The molecule has 1 aromatic heterocycles. The predicted octanol–water partition coefficient (Wildman–Crippen LogP) is 4.03. The van der Waals surface area contributed by atoms with Crippen LogP contribution >= 0.6 is 0 Å². The van der Waals surface area contributed by atoms with E-state index in [-0.39, 0.29) is 11.8 Å². The van der Waals surface area contributed by atoms with Gasteiger partial charge in [-0.25, -0.2) is 0 Å². The van der Waals surface area contributed by atoms with E-state index in [2.05, 4.69) is 28.9 Å². The van der Waals surface area contributed by atoms with Crippen molar-refractivity contribution in [1.29, 1.82) is 0 Å². The van der Waals surface area contributed by atoms with E-state index >= 15 is 0 Å². The summed E-state index contributed by atoms with van der Waals surface area (Å²) < 4.78 is 6.75. The molecule has 0 saturated carbocycles. The molecule has 7 nitrogen and oxygen atoms in total. The lowest BCUT2D eigenvalue weighted by Crippen LogP contribution is -2.14. The minimum absolute atomic E-state index is 0.260. The Balaban J connectivity index is 1.74. The van der Waals surface area contributed by atoms with Gasteiger partial charge in [0.1, 0.15) is 11.6 Å².